The number of nitrogens with zero attached hydrogens (tertiary/aromatic N) is 1. The highest BCUT2D eigenvalue weighted by atomic mass is 19.4. The maximum Gasteiger partial charge on any atom is 0.415 e. The number of aliphatic hydroxyl groups is 1. The third-order valence-electron chi connectivity index (χ3n) is 2.64. The van der Waals surface area contributed by atoms with Crippen LogP contribution in [0.4, 0.5) is 27.6 Å². The molecule has 1 aromatic rings. The van der Waals surface area contributed by atoms with E-state index < -0.39 is 31.3 Å². The van der Waals surface area contributed by atoms with Gasteiger partial charge < -0.3 is 15.2 Å². The van der Waals surface area contributed by atoms with Gasteiger partial charge in [-0.2, -0.15) is 22.0 Å². The first-order valence-corrected chi connectivity index (χ1v) is 6.36. The number of alkyl halides is 5. The second-order valence-electron chi connectivity index (χ2n) is 4.71. The van der Waals surface area contributed by atoms with Crippen LogP contribution in [0.15, 0.2) is 24.3 Å². The minimum Gasteiger partial charge on any atom is -0.435 e. The molecule has 0 aromatic heterocycles. The van der Waals surface area contributed by atoms with Crippen molar-refractivity contribution in [1.82, 2.24) is 4.90 Å². The van der Waals surface area contributed by atoms with Crippen LogP contribution in [0.3, 0.4) is 0 Å². The SMILES string of the molecule is CN(CC(=O)Nc1ccc(OC(F)F)cc1)CC(O)C(F)(F)F. The molecule has 0 aliphatic carbocycles. The van der Waals surface area contributed by atoms with Crippen molar-refractivity contribution < 1.29 is 36.6 Å². The highest BCUT2D eigenvalue weighted by Crippen LogP contribution is 2.20. The molecule has 5 nitrogen and oxygen atoms in total. The molecule has 0 spiro atoms. The fourth-order valence-electron chi connectivity index (χ4n) is 1.63. The van der Waals surface area contributed by atoms with Gasteiger partial charge in [0.25, 0.3) is 0 Å². The molecule has 0 saturated carbocycles. The fraction of sp³-hybridized carbons (Fsp3) is 0.462. The van der Waals surface area contributed by atoms with Gasteiger partial charge in [0.2, 0.25) is 5.91 Å². The average Bonchev–Trinajstić information content (AvgIpc) is 2.38. The van der Waals surface area contributed by atoms with Gasteiger partial charge in [-0.3, -0.25) is 9.69 Å². The Morgan fingerprint density at radius 1 is 1.30 bits per heavy atom. The molecule has 1 aromatic carbocycles. The number of carbonyl (C=O) groups excluding carboxylic acids is 1. The molecule has 0 aliphatic heterocycles. The minimum absolute atomic E-state index is 0.0941. The van der Waals surface area contributed by atoms with Crippen molar-refractivity contribution >= 4 is 11.6 Å². The fourth-order valence-corrected chi connectivity index (χ4v) is 1.63. The average molecular weight is 342 g/mol. The van der Waals surface area contributed by atoms with Gasteiger partial charge in [-0.1, -0.05) is 0 Å². The van der Waals surface area contributed by atoms with E-state index in [1.54, 1.807) is 0 Å². The summed E-state index contributed by atoms with van der Waals surface area (Å²) < 4.78 is 64.6. The molecule has 1 amide bonds. The van der Waals surface area contributed by atoms with Gasteiger partial charge >= 0.3 is 12.8 Å². The second kappa shape index (κ2) is 8.06. The Morgan fingerprint density at radius 2 is 1.87 bits per heavy atom. The van der Waals surface area contributed by atoms with Crippen LogP contribution in [-0.2, 0) is 4.79 Å². The van der Waals surface area contributed by atoms with Crippen molar-refractivity contribution in [1.29, 1.82) is 0 Å². The van der Waals surface area contributed by atoms with Crippen molar-refractivity contribution in [3.05, 3.63) is 24.3 Å². The van der Waals surface area contributed by atoms with Crippen LogP contribution in [0.5, 0.6) is 5.75 Å². The molecule has 0 saturated heterocycles. The molecule has 1 unspecified atom stereocenters. The third-order valence-corrected chi connectivity index (χ3v) is 2.64. The van der Waals surface area contributed by atoms with Gasteiger partial charge in [0.15, 0.2) is 6.10 Å². The molecule has 2 N–H and O–H groups in total. The summed E-state index contributed by atoms with van der Waals surface area (Å²) in [6.45, 7) is -4.11. The third kappa shape index (κ3) is 7.24. The van der Waals surface area contributed by atoms with E-state index in [-0.39, 0.29) is 18.0 Å². The predicted molar refractivity (Wildman–Crippen MR) is 71.3 cm³/mol. The number of aliphatic hydroxyl groups excluding tert-OH is 1. The zero-order valence-corrected chi connectivity index (χ0v) is 12.0. The predicted octanol–water partition coefficient (Wildman–Crippen LogP) is 2.08. The van der Waals surface area contributed by atoms with Crippen molar-refractivity contribution in [3.63, 3.8) is 0 Å². The van der Waals surface area contributed by atoms with Gasteiger partial charge in [0, 0.05) is 12.2 Å². The number of amides is 1. The first-order valence-electron chi connectivity index (χ1n) is 6.36. The molecule has 0 bridgehead atoms. The number of benzene rings is 1. The Kier molecular flexibility index (Phi) is 6.70. The minimum atomic E-state index is -4.76. The molecule has 1 rings (SSSR count). The molecule has 130 valence electrons. The first-order chi connectivity index (χ1) is 10.6. The summed E-state index contributed by atoms with van der Waals surface area (Å²) in [5.41, 5.74) is 0.265. The summed E-state index contributed by atoms with van der Waals surface area (Å²) >= 11 is 0. The Hall–Kier alpha value is -1.94. The molecule has 1 atom stereocenters. The lowest BCUT2D eigenvalue weighted by molar-refractivity contribution is -0.207. The number of anilines is 1. The molecular weight excluding hydrogens is 327 g/mol. The maximum absolute atomic E-state index is 12.2. The lowest BCUT2D eigenvalue weighted by atomic mass is 10.3. The maximum atomic E-state index is 12.2. The summed E-state index contributed by atoms with van der Waals surface area (Å²) in [5, 5.41) is 11.3. The lowest BCUT2D eigenvalue weighted by Crippen LogP contribution is -2.42. The molecule has 0 aliphatic rings. The van der Waals surface area contributed by atoms with Gasteiger partial charge in [-0.05, 0) is 31.3 Å². The van der Waals surface area contributed by atoms with E-state index in [2.05, 4.69) is 10.1 Å². The number of carbonyl (C=O) groups is 1. The second-order valence-corrected chi connectivity index (χ2v) is 4.71. The van der Waals surface area contributed by atoms with E-state index >= 15 is 0 Å². The largest absolute Gasteiger partial charge is 0.435 e. The Morgan fingerprint density at radius 3 is 2.35 bits per heavy atom. The van der Waals surface area contributed by atoms with Crippen LogP contribution in [0.25, 0.3) is 0 Å². The summed E-state index contributed by atoms with van der Waals surface area (Å²) in [7, 11) is 1.24. The standard InChI is InChI=1S/C13H15F5N2O3/c1-20(6-10(21)13(16,17)18)7-11(22)19-8-2-4-9(5-3-8)23-12(14)15/h2-5,10,12,21H,6-7H2,1H3,(H,19,22). The van der Waals surface area contributed by atoms with Crippen LogP contribution >= 0.6 is 0 Å². The highest BCUT2D eigenvalue weighted by molar-refractivity contribution is 5.92. The highest BCUT2D eigenvalue weighted by Gasteiger charge is 2.38. The normalized spacial score (nSPS) is 13.3. The lowest BCUT2D eigenvalue weighted by Gasteiger charge is -2.21. The summed E-state index contributed by atoms with van der Waals surface area (Å²) in [5.74, 6) is -0.715. The first kappa shape index (κ1) is 19.1. The van der Waals surface area contributed by atoms with Crippen LogP contribution in [0.1, 0.15) is 0 Å². The molecule has 0 radical (unpaired) electrons. The number of ether oxygens (including phenoxy) is 1. The van der Waals surface area contributed by atoms with Gasteiger partial charge in [0.05, 0.1) is 6.54 Å². The summed E-state index contributed by atoms with van der Waals surface area (Å²) in [4.78, 5) is 12.7. The van der Waals surface area contributed by atoms with Gasteiger partial charge in [-0.25, -0.2) is 0 Å². The van der Waals surface area contributed by atoms with Crippen molar-refractivity contribution in [3.8, 4) is 5.75 Å². The zero-order chi connectivity index (χ0) is 17.6. The van der Waals surface area contributed by atoms with E-state index in [0.29, 0.717) is 0 Å². The quantitative estimate of drug-likeness (QED) is 0.745. The van der Waals surface area contributed by atoms with Crippen molar-refractivity contribution in [2.45, 2.75) is 18.9 Å². The van der Waals surface area contributed by atoms with Crippen molar-refractivity contribution in [2.24, 2.45) is 0 Å². The zero-order valence-electron chi connectivity index (χ0n) is 12.0. The van der Waals surface area contributed by atoms with E-state index in [9.17, 15) is 26.7 Å². The van der Waals surface area contributed by atoms with Crippen molar-refractivity contribution in [2.75, 3.05) is 25.5 Å². The molecule has 0 fully saturated rings. The van der Waals surface area contributed by atoms with Crippen LogP contribution in [-0.4, -0.2) is 54.9 Å². The number of rotatable bonds is 7. The molecular formula is C13H15F5N2O3. The monoisotopic (exact) mass is 342 g/mol. The number of nitrogens with one attached hydrogen (secondary N) is 1. The summed E-state index contributed by atoms with van der Waals surface area (Å²) in [6, 6.07) is 5.03. The van der Waals surface area contributed by atoms with E-state index in [4.69, 9.17) is 5.11 Å². The molecule has 23 heavy (non-hydrogen) atoms. The number of hydrogen-bond donors (Lipinski definition) is 2. The Bertz CT molecular complexity index is 507. The number of hydrogen-bond acceptors (Lipinski definition) is 4. The number of likely N-dealkylation sites (N-methyl/N-ethyl adjacent to an activating group) is 1. The van der Waals surface area contributed by atoms with Gasteiger partial charge in [0.1, 0.15) is 5.75 Å². The van der Waals surface area contributed by atoms with Gasteiger partial charge in [-0.15, -0.1) is 0 Å². The summed E-state index contributed by atoms with van der Waals surface area (Å²) in [6.07, 6.45) is -7.31. The Balaban J connectivity index is 2.47. The van der Waals surface area contributed by atoms with E-state index in [1.807, 2.05) is 0 Å². The van der Waals surface area contributed by atoms with Crippen LogP contribution in [0, 0.1) is 0 Å². The van der Waals surface area contributed by atoms with E-state index in [1.165, 1.54) is 31.3 Å². The Labute approximate surface area is 128 Å². The van der Waals surface area contributed by atoms with Crippen LogP contribution < -0.4 is 10.1 Å². The molecule has 10 heteroatoms. The van der Waals surface area contributed by atoms with E-state index in [0.717, 1.165) is 4.90 Å². The van der Waals surface area contributed by atoms with Crippen LogP contribution in [0.2, 0.25) is 0 Å². The topological polar surface area (TPSA) is 61.8 Å². The molecule has 0 heterocycles. The number of halogens is 5. The smallest absolute Gasteiger partial charge is 0.415 e.